The molecule has 0 bridgehead atoms. The maximum absolute atomic E-state index is 13.4. The monoisotopic (exact) mass is 512 g/mol. The van der Waals surface area contributed by atoms with Crippen LogP contribution in [0.4, 0.5) is 18.9 Å². The van der Waals surface area contributed by atoms with Gasteiger partial charge in [-0.05, 0) is 49.3 Å². The number of nitrogens with one attached hydrogen (secondary N) is 2. The molecule has 36 heavy (non-hydrogen) atoms. The van der Waals surface area contributed by atoms with E-state index in [4.69, 9.17) is 17.2 Å². The molecule has 5 nitrogen and oxygen atoms in total. The van der Waals surface area contributed by atoms with Crippen LogP contribution in [-0.4, -0.2) is 34.8 Å². The van der Waals surface area contributed by atoms with Crippen molar-refractivity contribution in [3.05, 3.63) is 102 Å². The van der Waals surface area contributed by atoms with Crippen molar-refractivity contribution >= 4 is 34.6 Å². The number of hydrogen-bond acceptors (Lipinski definition) is 3. The highest BCUT2D eigenvalue weighted by atomic mass is 32.1. The molecule has 0 fully saturated rings. The Labute approximate surface area is 214 Å². The molecule has 0 aromatic heterocycles. The van der Waals surface area contributed by atoms with E-state index in [1.54, 1.807) is 13.1 Å². The second-order valence-corrected chi connectivity index (χ2v) is 8.37. The van der Waals surface area contributed by atoms with Crippen molar-refractivity contribution in [3.63, 3.8) is 0 Å². The lowest BCUT2D eigenvalue weighted by Crippen LogP contribution is -2.46. The van der Waals surface area contributed by atoms with Gasteiger partial charge in [0.1, 0.15) is 0 Å². The predicted molar refractivity (Wildman–Crippen MR) is 142 cm³/mol. The molecule has 0 saturated heterocycles. The first-order chi connectivity index (χ1) is 17.2. The highest BCUT2D eigenvalue weighted by Gasteiger charge is 2.32. The Kier molecular flexibility index (Phi) is 8.82. The highest BCUT2D eigenvalue weighted by molar-refractivity contribution is 7.80. The third kappa shape index (κ3) is 6.48. The van der Waals surface area contributed by atoms with Crippen LogP contribution in [0.25, 0.3) is 0 Å². The number of carbonyl (C=O) groups excluding carboxylic acids is 1. The zero-order chi connectivity index (χ0) is 26.3. The van der Waals surface area contributed by atoms with Gasteiger partial charge < -0.3 is 15.5 Å². The van der Waals surface area contributed by atoms with Crippen molar-refractivity contribution in [3.8, 4) is 0 Å². The zero-order valence-corrected chi connectivity index (χ0v) is 20.8. The van der Waals surface area contributed by atoms with Crippen LogP contribution in [0.15, 0.2) is 95.7 Å². The summed E-state index contributed by atoms with van der Waals surface area (Å²) in [4.78, 5) is 19.7. The van der Waals surface area contributed by atoms with Crippen LogP contribution in [0.3, 0.4) is 0 Å². The molecule has 2 N–H and O–H groups in total. The smallest absolute Gasteiger partial charge is 0.333 e. The molecule has 1 unspecified atom stereocenters. The van der Waals surface area contributed by atoms with Crippen molar-refractivity contribution in [2.75, 3.05) is 12.4 Å². The van der Waals surface area contributed by atoms with Gasteiger partial charge in [0.05, 0.1) is 11.3 Å². The Morgan fingerprint density at radius 2 is 1.92 bits per heavy atom. The summed E-state index contributed by atoms with van der Waals surface area (Å²) in [6, 6.07) is 14.1. The summed E-state index contributed by atoms with van der Waals surface area (Å²) in [5.41, 5.74) is 2.37. The minimum absolute atomic E-state index is 0.0269. The Morgan fingerprint density at radius 1 is 1.19 bits per heavy atom. The van der Waals surface area contributed by atoms with Gasteiger partial charge in [-0.1, -0.05) is 55.5 Å². The Bertz CT molecular complexity index is 1220. The predicted octanol–water partition coefficient (Wildman–Crippen LogP) is 6.08. The van der Waals surface area contributed by atoms with Gasteiger partial charge >= 0.3 is 6.18 Å². The van der Waals surface area contributed by atoms with Gasteiger partial charge in [-0.25, -0.2) is 4.99 Å². The average molecular weight is 513 g/mol. The summed E-state index contributed by atoms with van der Waals surface area (Å²) < 4.78 is 39.2. The van der Waals surface area contributed by atoms with Crippen LogP contribution >= 0.6 is 12.2 Å². The molecule has 188 valence electrons. The molecular weight excluding hydrogens is 485 g/mol. The summed E-state index contributed by atoms with van der Waals surface area (Å²) in [5, 5.41) is 5.58. The van der Waals surface area contributed by atoms with Crippen molar-refractivity contribution in [2.24, 2.45) is 4.99 Å². The van der Waals surface area contributed by atoms with Crippen LogP contribution in [0.5, 0.6) is 0 Å². The lowest BCUT2D eigenvalue weighted by molar-refractivity contribution is -0.137. The SMILES string of the molecule is C=CC/C=C\C1=C(CC)C(c2ccccc2)=NC(NC(=S)Nc2cccc(C(F)(F)F)c2)C(=O)N1C. The number of halogens is 3. The number of alkyl halides is 3. The fourth-order valence-corrected chi connectivity index (χ4v) is 3.96. The molecule has 0 saturated carbocycles. The molecule has 2 aromatic rings. The van der Waals surface area contributed by atoms with Crippen LogP contribution in [0.1, 0.15) is 30.9 Å². The maximum atomic E-state index is 13.4. The van der Waals surface area contributed by atoms with Crippen LogP contribution in [0, 0.1) is 0 Å². The Balaban J connectivity index is 1.96. The standard InChI is InChI=1S/C27H27F3N4OS/c1-4-6-8-16-22-21(5-2)23(18-12-9-7-10-13-18)32-24(25(35)34(22)3)33-26(36)31-20-15-11-14-19(17-20)27(28,29)30/h4,7-17,24H,1,5-6H2,2-3H3,(H2,31,33,36)/b16-8-. The molecule has 9 heteroatoms. The number of allylic oxidation sites excluding steroid dienone is 4. The first-order valence-electron chi connectivity index (χ1n) is 11.3. The van der Waals surface area contributed by atoms with E-state index < -0.39 is 17.9 Å². The van der Waals surface area contributed by atoms with E-state index in [-0.39, 0.29) is 16.7 Å². The number of thiocarbonyl (C=S) groups is 1. The summed E-state index contributed by atoms with van der Waals surface area (Å²) in [6.07, 6.45) is 1.21. The van der Waals surface area contributed by atoms with E-state index in [2.05, 4.69) is 17.2 Å². The van der Waals surface area contributed by atoms with Crippen molar-refractivity contribution in [1.29, 1.82) is 0 Å². The number of likely N-dealkylation sites (N-methyl/N-ethyl adjacent to an activating group) is 1. The van der Waals surface area contributed by atoms with Crippen LogP contribution < -0.4 is 10.6 Å². The Morgan fingerprint density at radius 3 is 2.56 bits per heavy atom. The number of amides is 1. The van der Waals surface area contributed by atoms with Crippen molar-refractivity contribution < 1.29 is 18.0 Å². The number of benzene rings is 2. The zero-order valence-electron chi connectivity index (χ0n) is 20.0. The molecule has 1 aliphatic rings. The molecule has 1 aliphatic heterocycles. The quantitative estimate of drug-likeness (QED) is 0.349. The summed E-state index contributed by atoms with van der Waals surface area (Å²) in [7, 11) is 1.66. The summed E-state index contributed by atoms with van der Waals surface area (Å²) in [5.74, 6) is -0.363. The molecule has 0 spiro atoms. The van der Waals surface area contributed by atoms with E-state index in [9.17, 15) is 18.0 Å². The molecular formula is C27H27F3N4OS. The lowest BCUT2D eigenvalue weighted by Gasteiger charge is -2.23. The lowest BCUT2D eigenvalue weighted by atomic mass is 9.97. The molecule has 0 radical (unpaired) electrons. The number of nitrogens with zero attached hydrogens (tertiary/aromatic N) is 2. The Hall–Kier alpha value is -3.72. The first-order valence-corrected chi connectivity index (χ1v) is 11.7. The van der Waals surface area contributed by atoms with E-state index in [0.29, 0.717) is 24.3 Å². The highest BCUT2D eigenvalue weighted by Crippen LogP contribution is 2.30. The van der Waals surface area contributed by atoms with Crippen molar-refractivity contribution in [2.45, 2.75) is 32.1 Å². The molecule has 1 atom stereocenters. The molecule has 1 amide bonds. The van der Waals surface area contributed by atoms with E-state index in [1.165, 1.54) is 17.0 Å². The second kappa shape index (κ2) is 11.8. The number of hydrogen-bond donors (Lipinski definition) is 2. The molecule has 2 aromatic carbocycles. The van der Waals surface area contributed by atoms with Gasteiger partial charge in [0, 0.05) is 29.6 Å². The number of aliphatic imine (C=N–C) groups is 1. The van der Waals surface area contributed by atoms with E-state index in [0.717, 1.165) is 23.3 Å². The summed E-state index contributed by atoms with van der Waals surface area (Å²) in [6.45, 7) is 5.72. The third-order valence-electron chi connectivity index (χ3n) is 5.47. The minimum atomic E-state index is -4.49. The number of anilines is 1. The van der Waals surface area contributed by atoms with Crippen LogP contribution in [0.2, 0.25) is 0 Å². The van der Waals surface area contributed by atoms with Crippen LogP contribution in [-0.2, 0) is 11.0 Å². The first kappa shape index (κ1) is 26.9. The molecule has 1 heterocycles. The van der Waals surface area contributed by atoms with E-state index in [1.807, 2.05) is 49.4 Å². The number of carbonyl (C=O) groups is 1. The van der Waals surface area contributed by atoms with Gasteiger partial charge in [0.15, 0.2) is 5.11 Å². The van der Waals surface area contributed by atoms with E-state index >= 15 is 0 Å². The maximum Gasteiger partial charge on any atom is 0.416 e. The minimum Gasteiger partial charge on any atom is -0.333 e. The number of rotatable bonds is 7. The second-order valence-electron chi connectivity index (χ2n) is 7.96. The van der Waals surface area contributed by atoms with Gasteiger partial charge in [-0.3, -0.25) is 4.79 Å². The van der Waals surface area contributed by atoms with Gasteiger partial charge in [0.2, 0.25) is 6.17 Å². The van der Waals surface area contributed by atoms with Gasteiger partial charge in [-0.2, -0.15) is 13.2 Å². The topological polar surface area (TPSA) is 56.7 Å². The fourth-order valence-electron chi connectivity index (χ4n) is 3.73. The molecule has 0 aliphatic carbocycles. The molecule has 3 rings (SSSR count). The summed E-state index contributed by atoms with van der Waals surface area (Å²) >= 11 is 5.34. The van der Waals surface area contributed by atoms with Gasteiger partial charge in [-0.15, -0.1) is 6.58 Å². The average Bonchev–Trinajstić information content (AvgIpc) is 2.94. The third-order valence-corrected chi connectivity index (χ3v) is 5.69. The van der Waals surface area contributed by atoms with Crippen molar-refractivity contribution in [1.82, 2.24) is 10.2 Å². The van der Waals surface area contributed by atoms with Gasteiger partial charge in [0.25, 0.3) is 5.91 Å². The largest absolute Gasteiger partial charge is 0.416 e. The normalized spacial score (nSPS) is 16.6. The fraction of sp³-hybridized carbons (Fsp3) is 0.222.